The van der Waals surface area contributed by atoms with Gasteiger partial charge in [0.15, 0.2) is 23.9 Å². The molecule has 4 saturated carbocycles. The highest BCUT2D eigenvalue weighted by atomic mass is 35.5. The number of nitrogens with one attached hydrogen (secondary N) is 10. The maximum absolute atomic E-state index is 16.6. The number of fused-ring (bicyclic) bond motifs is 15. The van der Waals surface area contributed by atoms with Gasteiger partial charge in [0, 0.05) is 35.2 Å². The minimum atomic E-state index is -4.76. The summed E-state index contributed by atoms with van der Waals surface area (Å²) < 4.78 is 67.7. The molecule has 40 heteroatoms. The third-order valence-electron chi connectivity index (χ3n) is 24.1. The van der Waals surface area contributed by atoms with Crippen molar-refractivity contribution in [2.45, 2.75) is 206 Å². The van der Waals surface area contributed by atoms with E-state index in [4.69, 9.17) is 57.4 Å². The van der Waals surface area contributed by atoms with Crippen molar-refractivity contribution in [3.05, 3.63) is 147 Å². The van der Waals surface area contributed by atoms with Crippen molar-refractivity contribution < 1.29 is 126 Å². The van der Waals surface area contributed by atoms with E-state index in [9.17, 15) is 68.8 Å². The first kappa shape index (κ1) is 89.7. The molecule has 18 atom stereocenters. The number of aromatic hydroxyl groups is 3. The van der Waals surface area contributed by atoms with Gasteiger partial charge in [0.25, 0.3) is 10.0 Å². The van der Waals surface area contributed by atoms with Crippen molar-refractivity contribution in [3.8, 4) is 57.1 Å². The predicted octanol–water partition coefficient (Wildman–Crippen LogP) is 3.00. The van der Waals surface area contributed by atoms with Crippen LogP contribution in [0.15, 0.2) is 108 Å². The van der Waals surface area contributed by atoms with Crippen LogP contribution in [-0.4, -0.2) is 206 Å². The second kappa shape index (κ2) is 36.2. The zero-order chi connectivity index (χ0) is 89.1. The summed E-state index contributed by atoms with van der Waals surface area (Å²) in [6, 6.07) is 2.35. The van der Waals surface area contributed by atoms with Gasteiger partial charge in [-0.05, 0) is 190 Å². The molecule has 6 fully saturated rings. The summed E-state index contributed by atoms with van der Waals surface area (Å²) >= 11 is 14.4. The van der Waals surface area contributed by atoms with Gasteiger partial charge in [0.2, 0.25) is 59.3 Å². The number of phenols is 3. The van der Waals surface area contributed by atoms with Crippen molar-refractivity contribution in [3.63, 3.8) is 0 Å². The number of rotatable bonds is 16. The Labute approximate surface area is 720 Å². The van der Waals surface area contributed by atoms with E-state index in [2.05, 4.69) is 42.5 Å². The molecule has 21 N–H and O–H groups in total. The number of halogens is 2. The lowest BCUT2D eigenvalue weighted by Gasteiger charge is -2.54. The number of hydrogen-bond donors (Lipinski definition) is 20. The van der Waals surface area contributed by atoms with Crippen LogP contribution < -0.4 is 72.5 Å². The molecule has 37 nitrogen and oxygen atoms in total. The van der Waals surface area contributed by atoms with E-state index in [1.165, 1.54) is 45.2 Å². The van der Waals surface area contributed by atoms with Crippen molar-refractivity contribution >= 4 is 86.5 Å². The number of imide groups is 1. The van der Waals surface area contributed by atoms with Crippen LogP contribution in [0, 0.1) is 36.5 Å². The molecule has 7 heterocycles. The molecule has 0 radical (unpaired) electrons. The van der Waals surface area contributed by atoms with E-state index in [0.717, 1.165) is 111 Å². The lowest BCUT2D eigenvalue weighted by atomic mass is 9.54. The summed E-state index contributed by atoms with van der Waals surface area (Å²) in [6.07, 6.45) is -15.2. The Bertz CT molecular complexity index is 5270. The second-order valence-corrected chi connectivity index (χ2v) is 36.2. The predicted molar refractivity (Wildman–Crippen MR) is 436 cm³/mol. The molecule has 124 heavy (non-hydrogen) atoms. The lowest BCUT2D eigenvalue weighted by molar-refractivity contribution is -0.333. The zero-order valence-corrected chi connectivity index (χ0v) is 70.0. The maximum Gasteiger partial charge on any atom is 0.335 e. The fourth-order valence-electron chi connectivity index (χ4n) is 18.0. The van der Waals surface area contributed by atoms with Crippen LogP contribution in [0.1, 0.15) is 143 Å². The summed E-state index contributed by atoms with van der Waals surface area (Å²) in [6.45, 7) is 7.21. The fraction of sp³-hybridized carbons (Fsp3) is 0.464. The topological polar surface area (TPSA) is 572 Å². The fourth-order valence-corrected chi connectivity index (χ4v) is 19.4. The highest BCUT2D eigenvalue weighted by Crippen LogP contribution is 2.55. The molecule has 4 aliphatic carbocycles. The first-order chi connectivity index (χ1) is 58.7. The molecule has 15 bridgehead atoms. The van der Waals surface area contributed by atoms with E-state index in [-0.39, 0.29) is 52.8 Å². The number of aliphatic hydroxyl groups is 6. The Morgan fingerprint density at radius 1 is 0.669 bits per heavy atom. The first-order valence-electron chi connectivity index (χ1n) is 40.4. The minimum Gasteiger partial charge on any atom is -0.508 e. The number of carbonyl (C=O) groups is 9. The molecule has 2 saturated heterocycles. The number of likely N-dealkylation sites (N-methyl/N-ethyl adjacent to an activating group) is 1. The normalized spacial score (nSPS) is 30.6. The number of aliphatic hydroxyl groups excluding tert-OH is 6. The zero-order valence-electron chi connectivity index (χ0n) is 67.7. The molecule has 6 aromatic carbocycles. The van der Waals surface area contributed by atoms with E-state index in [0.29, 0.717) is 17.4 Å². The number of phenolic OH excluding ortho intramolecular Hbond substituents is 3. The monoisotopic (exact) mass is 1780 g/mol. The van der Waals surface area contributed by atoms with Gasteiger partial charge in [-0.1, -0.05) is 72.9 Å². The first-order valence-corrected chi connectivity index (χ1v) is 42.7. The Kier molecular flexibility index (Phi) is 26.2. The summed E-state index contributed by atoms with van der Waals surface area (Å²) in [5.41, 5.74) is 3.24. The van der Waals surface area contributed by atoms with Crippen LogP contribution in [0.3, 0.4) is 0 Å². The van der Waals surface area contributed by atoms with E-state index in [1.54, 1.807) is 25.5 Å². The smallest absolute Gasteiger partial charge is 0.335 e. The third-order valence-corrected chi connectivity index (χ3v) is 26.1. The summed E-state index contributed by atoms with van der Waals surface area (Å²) in [5, 5.41) is 129. The third kappa shape index (κ3) is 18.9. The number of amides is 10. The Balaban J connectivity index is 0.966. The van der Waals surface area contributed by atoms with Crippen molar-refractivity contribution in [2.24, 2.45) is 35.3 Å². The minimum absolute atomic E-state index is 0.0385. The van der Waals surface area contributed by atoms with Gasteiger partial charge in [-0.2, -0.15) is 0 Å². The van der Waals surface area contributed by atoms with Crippen LogP contribution in [-0.2, 0) is 62.6 Å². The Morgan fingerprint density at radius 3 is 1.88 bits per heavy atom. The number of sulfonamides is 1. The van der Waals surface area contributed by atoms with E-state index >= 15 is 28.8 Å². The molecule has 7 aliphatic heterocycles. The number of ether oxygens (including phenoxy) is 6. The number of nitrogens with two attached hydrogens (primary N) is 1. The molecular formula is C84H97Cl2N11O26S. The summed E-state index contributed by atoms with van der Waals surface area (Å²) in [7, 11) is -3.32. The largest absolute Gasteiger partial charge is 0.508 e. The Morgan fingerprint density at radius 2 is 1.27 bits per heavy atom. The average Bonchev–Trinajstić information content (AvgIpc) is 0.757. The molecule has 6 aromatic rings. The van der Waals surface area contributed by atoms with E-state index in [1.807, 2.05) is 5.32 Å². The molecular weight excluding hydrogens is 1680 g/mol. The maximum atomic E-state index is 16.6. The lowest BCUT2D eigenvalue weighted by Crippen LogP contribution is -2.64. The van der Waals surface area contributed by atoms with E-state index < -0.39 is 269 Å². The molecule has 17 rings (SSSR count). The molecule has 0 aromatic heterocycles. The van der Waals surface area contributed by atoms with Gasteiger partial charge in [0.1, 0.15) is 95.5 Å². The van der Waals surface area contributed by atoms with Gasteiger partial charge in [-0.3, -0.25) is 43.7 Å². The number of carbonyl (C=O) groups excluding carboxylic acids is 9. The molecule has 0 spiro atoms. The highest BCUT2D eigenvalue weighted by Gasteiger charge is 2.53. The van der Waals surface area contributed by atoms with Crippen molar-refractivity contribution in [2.75, 3.05) is 13.7 Å². The second-order valence-electron chi connectivity index (χ2n) is 33.7. The van der Waals surface area contributed by atoms with Crippen molar-refractivity contribution in [1.82, 2.24) is 52.6 Å². The molecule has 11 aliphatic rings. The van der Waals surface area contributed by atoms with Gasteiger partial charge in [-0.15, -0.1) is 0 Å². The van der Waals surface area contributed by atoms with Gasteiger partial charge < -0.3 is 123 Å². The van der Waals surface area contributed by atoms with Crippen LogP contribution in [0.4, 0.5) is 4.79 Å². The van der Waals surface area contributed by atoms with Gasteiger partial charge >= 0.3 is 6.03 Å². The highest BCUT2D eigenvalue weighted by molar-refractivity contribution is 7.90. The summed E-state index contributed by atoms with van der Waals surface area (Å²) in [5.74, 6) is -14.8. The molecule has 664 valence electrons. The Hall–Kier alpha value is -10.6. The van der Waals surface area contributed by atoms with Gasteiger partial charge in [0.05, 0.1) is 46.2 Å². The number of benzene rings is 6. The average molecular weight is 1780 g/mol. The van der Waals surface area contributed by atoms with Crippen LogP contribution >= 0.6 is 23.2 Å². The van der Waals surface area contributed by atoms with Crippen LogP contribution in [0.25, 0.3) is 11.1 Å². The molecule has 10 amide bonds. The molecule has 0 unspecified atom stereocenters. The SMILES string of the molecule is CN[C@H](CC(C)C)C(=O)N[C@H]1C(=O)N[C@@H](CC(=O)NC(=O)NS(=O)(=O)c2ccc(C)cc2)C(=O)N[C@H]2C(=O)N[C@H]3C(=O)N[C@H](C(=O)N[C@H](C(=O)NC4C5CC6CC(C5)CC4C6)c4cc(O)cc(O)c4-c4cc3ccc4O)[C@H](O)c3ccc(c(Cl)c3)Oc3cc2cc(c3O[C@@H]2O[C@H](CO)[C@@H](O)[C@H](O)[C@H]2O[C@H]2C[C@](C)(N)[C@H](O)[C@H](C)O2)Oc2ccc(cc2Cl)[C@H]1O. The van der Waals surface area contributed by atoms with Gasteiger partial charge in [-0.25, -0.2) is 17.9 Å². The number of urea groups is 1. The quantitative estimate of drug-likeness (QED) is 0.0662. The summed E-state index contributed by atoms with van der Waals surface area (Å²) in [4.78, 5) is 138. The van der Waals surface area contributed by atoms with Crippen LogP contribution in [0.2, 0.25) is 10.0 Å². The van der Waals surface area contributed by atoms with Crippen LogP contribution in [0.5, 0.6) is 46.0 Å². The van der Waals surface area contributed by atoms with Crippen molar-refractivity contribution in [1.29, 1.82) is 0 Å². The standard InChI is InChI=1S/C84H97Cl2N11O26S/c1-33(2)17-50(88-6)75(108)95-66-68(103)39-10-15-54(48(85)24-39)119-56-26-43-27-57(72(56)123-82-73(71(106)70(105)58(32-98)121-82)122-60-31-84(5,87)74(107)35(4)118-60)120-55-16-11-40(25-49(55)86)69(104)67-81(114)94-65(79(112)91-62-41-19-36-18-37(21-41)22-42(62)20-36)47-28-44(99)29-53(101)61(47)46-23-38(9-14-52(46)100)63(77(110)96-67)93-78(111)64(43)92-76(109)51(89-80(66)113)30-59(102)90-83(115)97-124(116,117)45-12-7-34(3)8-13-45/h7-16,23-29,33,35-37,41-42,50-51,58,60,62-71,73-74,82,88,98-101,103-107H,17-22,30-32,87H2,1-6H3,(H,89,113)(H,91,112)(H,92,109)(H,93,111)(H,94,114)(H,95,108)(H,96,110)(H2,90,97,102,115)/t35-,36?,37?,41?,42?,50+,51-,58+,60-,62?,63+,64+,65-,66+,67-,68+,69+,70+,71-,73+,74+,82-,84-/m0/s1. The number of aryl methyl sites for hydroxylation is 1. The number of hydrogen-bond acceptors (Lipinski definition) is 28.